The Morgan fingerprint density at radius 2 is 2.25 bits per heavy atom. The number of nitrogens with zero attached hydrogens (tertiary/aromatic N) is 2. The first-order chi connectivity index (χ1) is 9.83. The van der Waals surface area contributed by atoms with Gasteiger partial charge in [-0.15, -0.1) is 0 Å². The molecule has 0 aliphatic rings. The van der Waals surface area contributed by atoms with Crippen molar-refractivity contribution < 1.29 is 4.74 Å². The maximum absolute atomic E-state index is 5.25. The standard InChI is InChI=1S/C16H23N3O/c1-3-8-17-11-15-12-18-13-19(15)9-7-14-5-4-6-16(10-14)20-2/h4-6,10,12-13,17H,3,7-9,11H2,1-2H3. The van der Waals surface area contributed by atoms with Crippen LogP contribution in [0.2, 0.25) is 0 Å². The van der Waals surface area contributed by atoms with Gasteiger partial charge in [0.25, 0.3) is 0 Å². The first-order valence-corrected chi connectivity index (χ1v) is 7.16. The molecule has 2 rings (SSSR count). The van der Waals surface area contributed by atoms with Gasteiger partial charge in [-0.25, -0.2) is 4.98 Å². The van der Waals surface area contributed by atoms with E-state index in [9.17, 15) is 0 Å². The van der Waals surface area contributed by atoms with E-state index in [1.54, 1.807) is 7.11 Å². The molecule has 0 aliphatic carbocycles. The molecule has 108 valence electrons. The minimum absolute atomic E-state index is 0.881. The Balaban J connectivity index is 1.91. The summed E-state index contributed by atoms with van der Waals surface area (Å²) in [5.41, 5.74) is 2.52. The quantitative estimate of drug-likeness (QED) is 0.752. The Labute approximate surface area is 120 Å². The van der Waals surface area contributed by atoms with Crippen LogP contribution in [-0.4, -0.2) is 23.2 Å². The topological polar surface area (TPSA) is 39.1 Å². The molecule has 4 nitrogen and oxygen atoms in total. The average molecular weight is 273 g/mol. The van der Waals surface area contributed by atoms with Crippen LogP contribution in [0.15, 0.2) is 36.8 Å². The van der Waals surface area contributed by atoms with Crippen LogP contribution in [0.5, 0.6) is 5.75 Å². The molecule has 1 N–H and O–H groups in total. The van der Waals surface area contributed by atoms with Crippen LogP contribution in [0.4, 0.5) is 0 Å². The van der Waals surface area contributed by atoms with Crippen molar-refractivity contribution in [1.82, 2.24) is 14.9 Å². The van der Waals surface area contributed by atoms with Gasteiger partial charge in [0.05, 0.1) is 19.1 Å². The summed E-state index contributed by atoms with van der Waals surface area (Å²) in [4.78, 5) is 4.25. The van der Waals surface area contributed by atoms with Crippen molar-refractivity contribution in [2.75, 3.05) is 13.7 Å². The average Bonchev–Trinajstić information content (AvgIpc) is 2.93. The first-order valence-electron chi connectivity index (χ1n) is 7.16. The van der Waals surface area contributed by atoms with Crippen molar-refractivity contribution >= 4 is 0 Å². The molecule has 2 aromatic rings. The Kier molecular flexibility index (Phi) is 5.62. The minimum Gasteiger partial charge on any atom is -0.497 e. The normalized spacial score (nSPS) is 10.7. The fourth-order valence-corrected chi connectivity index (χ4v) is 2.17. The summed E-state index contributed by atoms with van der Waals surface area (Å²) in [6.45, 7) is 5.04. The van der Waals surface area contributed by atoms with E-state index < -0.39 is 0 Å². The Morgan fingerprint density at radius 1 is 1.35 bits per heavy atom. The van der Waals surface area contributed by atoms with Gasteiger partial charge in [-0.2, -0.15) is 0 Å². The van der Waals surface area contributed by atoms with Gasteiger partial charge in [0.1, 0.15) is 5.75 Å². The van der Waals surface area contributed by atoms with Crippen LogP contribution in [0.3, 0.4) is 0 Å². The summed E-state index contributed by atoms with van der Waals surface area (Å²) in [5.74, 6) is 0.915. The third-order valence-corrected chi connectivity index (χ3v) is 3.31. The van der Waals surface area contributed by atoms with E-state index >= 15 is 0 Å². The molecule has 0 spiro atoms. The van der Waals surface area contributed by atoms with Gasteiger partial charge in [-0.1, -0.05) is 19.1 Å². The summed E-state index contributed by atoms with van der Waals surface area (Å²) >= 11 is 0. The van der Waals surface area contributed by atoms with Gasteiger partial charge < -0.3 is 14.6 Å². The number of ether oxygens (including phenoxy) is 1. The van der Waals surface area contributed by atoms with E-state index in [4.69, 9.17) is 4.74 Å². The van der Waals surface area contributed by atoms with Gasteiger partial charge >= 0.3 is 0 Å². The molecule has 4 heteroatoms. The Morgan fingerprint density at radius 3 is 3.05 bits per heavy atom. The lowest BCUT2D eigenvalue weighted by Crippen LogP contribution is -2.17. The molecule has 20 heavy (non-hydrogen) atoms. The number of hydrogen-bond donors (Lipinski definition) is 1. The smallest absolute Gasteiger partial charge is 0.119 e. The van der Waals surface area contributed by atoms with Crippen molar-refractivity contribution in [3.63, 3.8) is 0 Å². The number of aryl methyl sites for hydroxylation is 2. The molecule has 0 amide bonds. The van der Waals surface area contributed by atoms with Gasteiger partial charge in [0, 0.05) is 19.3 Å². The Hall–Kier alpha value is -1.81. The molecule has 1 aromatic carbocycles. The molecule has 1 heterocycles. The van der Waals surface area contributed by atoms with Gasteiger partial charge in [0.15, 0.2) is 0 Å². The summed E-state index contributed by atoms with van der Waals surface area (Å²) < 4.78 is 7.46. The fraction of sp³-hybridized carbons (Fsp3) is 0.438. The van der Waals surface area contributed by atoms with Crippen LogP contribution in [-0.2, 0) is 19.5 Å². The fourth-order valence-electron chi connectivity index (χ4n) is 2.17. The molecule has 0 aliphatic heterocycles. The van der Waals surface area contributed by atoms with Crippen LogP contribution < -0.4 is 10.1 Å². The highest BCUT2D eigenvalue weighted by Gasteiger charge is 2.02. The first kappa shape index (κ1) is 14.6. The lowest BCUT2D eigenvalue weighted by Gasteiger charge is -2.09. The van der Waals surface area contributed by atoms with Crippen molar-refractivity contribution in [3.05, 3.63) is 48.0 Å². The molecule has 0 radical (unpaired) electrons. The maximum atomic E-state index is 5.25. The lowest BCUT2D eigenvalue weighted by molar-refractivity contribution is 0.414. The highest BCUT2D eigenvalue weighted by molar-refractivity contribution is 5.28. The maximum Gasteiger partial charge on any atom is 0.119 e. The van der Waals surface area contributed by atoms with E-state index in [1.807, 2.05) is 24.7 Å². The summed E-state index contributed by atoms with van der Waals surface area (Å²) in [6, 6.07) is 8.23. The highest BCUT2D eigenvalue weighted by Crippen LogP contribution is 2.13. The second kappa shape index (κ2) is 7.70. The molecular weight excluding hydrogens is 250 g/mol. The van der Waals surface area contributed by atoms with E-state index in [1.165, 1.54) is 11.3 Å². The molecule has 0 saturated carbocycles. The van der Waals surface area contributed by atoms with E-state index in [0.717, 1.165) is 38.2 Å². The monoisotopic (exact) mass is 273 g/mol. The highest BCUT2D eigenvalue weighted by atomic mass is 16.5. The van der Waals surface area contributed by atoms with E-state index in [2.05, 4.69) is 33.9 Å². The molecule has 0 saturated heterocycles. The van der Waals surface area contributed by atoms with Gasteiger partial charge in [0.2, 0.25) is 0 Å². The zero-order chi connectivity index (χ0) is 14.2. The number of benzene rings is 1. The Bertz CT molecular complexity index is 522. The minimum atomic E-state index is 0.881. The van der Waals surface area contributed by atoms with E-state index in [0.29, 0.717) is 0 Å². The van der Waals surface area contributed by atoms with Gasteiger partial charge in [-0.3, -0.25) is 0 Å². The summed E-state index contributed by atoms with van der Waals surface area (Å²) in [5, 5.41) is 3.41. The zero-order valence-corrected chi connectivity index (χ0v) is 12.3. The van der Waals surface area contributed by atoms with Crippen LogP contribution in [0.1, 0.15) is 24.6 Å². The predicted molar refractivity (Wildman–Crippen MR) is 80.9 cm³/mol. The number of methoxy groups -OCH3 is 1. The van der Waals surface area contributed by atoms with Crippen LogP contribution in [0, 0.1) is 0 Å². The number of imidazole rings is 1. The second-order valence-electron chi connectivity index (χ2n) is 4.86. The number of nitrogens with one attached hydrogen (secondary N) is 1. The number of rotatable bonds is 8. The number of aromatic nitrogens is 2. The van der Waals surface area contributed by atoms with Gasteiger partial charge in [-0.05, 0) is 37.1 Å². The van der Waals surface area contributed by atoms with Crippen molar-refractivity contribution in [3.8, 4) is 5.75 Å². The largest absolute Gasteiger partial charge is 0.497 e. The molecule has 0 atom stereocenters. The third-order valence-electron chi connectivity index (χ3n) is 3.31. The zero-order valence-electron chi connectivity index (χ0n) is 12.3. The van der Waals surface area contributed by atoms with Crippen molar-refractivity contribution in [1.29, 1.82) is 0 Å². The van der Waals surface area contributed by atoms with Crippen LogP contribution >= 0.6 is 0 Å². The second-order valence-corrected chi connectivity index (χ2v) is 4.86. The summed E-state index contributed by atoms with van der Waals surface area (Å²) in [7, 11) is 1.70. The molecule has 1 aromatic heterocycles. The molecule has 0 unspecified atom stereocenters. The predicted octanol–water partition coefficient (Wildman–Crippen LogP) is 2.63. The number of hydrogen-bond acceptors (Lipinski definition) is 3. The van der Waals surface area contributed by atoms with E-state index in [-0.39, 0.29) is 0 Å². The van der Waals surface area contributed by atoms with Crippen molar-refractivity contribution in [2.45, 2.75) is 32.9 Å². The lowest BCUT2D eigenvalue weighted by atomic mass is 10.1. The SMILES string of the molecule is CCCNCc1cncn1CCc1cccc(OC)c1. The molecule has 0 fully saturated rings. The summed E-state index contributed by atoms with van der Waals surface area (Å²) in [6.07, 6.45) is 5.98. The van der Waals surface area contributed by atoms with Crippen LogP contribution in [0.25, 0.3) is 0 Å². The molecule has 0 bridgehead atoms. The molecular formula is C16H23N3O. The van der Waals surface area contributed by atoms with Crippen molar-refractivity contribution in [2.24, 2.45) is 0 Å². The third kappa shape index (κ3) is 4.10.